The first-order chi connectivity index (χ1) is 15.3. The molecule has 2 amide bonds. The quantitative estimate of drug-likeness (QED) is 0.778. The van der Waals surface area contributed by atoms with E-state index in [2.05, 4.69) is 26.3 Å². The van der Waals surface area contributed by atoms with Crippen LogP contribution in [0.3, 0.4) is 0 Å². The van der Waals surface area contributed by atoms with Crippen LogP contribution in [0.5, 0.6) is 0 Å². The molecule has 2 heterocycles. The van der Waals surface area contributed by atoms with Gasteiger partial charge in [0.05, 0.1) is 0 Å². The first-order valence-electron chi connectivity index (χ1n) is 11.6. The number of carbonyl (C=O) groups excluding carboxylic acids is 2. The summed E-state index contributed by atoms with van der Waals surface area (Å²) in [5.74, 6) is 0.786. The van der Waals surface area contributed by atoms with Gasteiger partial charge in [-0.2, -0.15) is 4.99 Å². The molecule has 2 aliphatic rings. The number of pyridine rings is 1. The van der Waals surface area contributed by atoms with Gasteiger partial charge < -0.3 is 10.2 Å². The number of aryl methyl sites for hydroxylation is 2. The lowest BCUT2D eigenvalue weighted by Gasteiger charge is -2.36. The van der Waals surface area contributed by atoms with Crippen LogP contribution < -0.4 is 10.2 Å². The lowest BCUT2D eigenvalue weighted by molar-refractivity contribution is -0.126. The number of hydrogen-bond donors (Lipinski definition) is 1. The Kier molecular flexibility index (Phi) is 6.40. The predicted molar refractivity (Wildman–Crippen MR) is 127 cm³/mol. The summed E-state index contributed by atoms with van der Waals surface area (Å²) in [4.78, 5) is 36.7. The molecule has 1 aliphatic carbocycles. The number of rotatable bonds is 4. The molecule has 1 aliphatic heterocycles. The van der Waals surface area contributed by atoms with Gasteiger partial charge in [-0.15, -0.1) is 0 Å². The second kappa shape index (κ2) is 9.23. The van der Waals surface area contributed by atoms with E-state index in [4.69, 9.17) is 0 Å². The Bertz CT molecular complexity index is 1030. The smallest absolute Gasteiger partial charge is 0.278 e. The molecule has 0 unspecified atom stereocenters. The highest BCUT2D eigenvalue weighted by atomic mass is 16.2. The molecule has 0 saturated heterocycles. The summed E-state index contributed by atoms with van der Waals surface area (Å²) in [6.07, 6.45) is 5.99. The van der Waals surface area contributed by atoms with E-state index in [0.717, 1.165) is 54.0 Å². The molecule has 32 heavy (non-hydrogen) atoms. The van der Waals surface area contributed by atoms with Crippen LogP contribution in [0.4, 0.5) is 5.69 Å². The number of aromatic nitrogens is 1. The monoisotopic (exact) mass is 432 g/mol. The number of nitrogens with zero attached hydrogens (tertiary/aromatic N) is 3. The van der Waals surface area contributed by atoms with Crippen molar-refractivity contribution in [2.24, 2.45) is 10.9 Å². The average molecular weight is 433 g/mol. The minimum Gasteiger partial charge on any atom is -0.354 e. The maximum absolute atomic E-state index is 12.9. The Labute approximate surface area is 190 Å². The number of anilines is 1. The van der Waals surface area contributed by atoms with Gasteiger partial charge in [-0.1, -0.05) is 17.7 Å². The molecule has 168 valence electrons. The molecular formula is C26H32N4O2. The molecule has 1 aromatic heterocycles. The lowest BCUT2D eigenvalue weighted by Crippen LogP contribution is -2.44. The fourth-order valence-corrected chi connectivity index (χ4v) is 4.71. The summed E-state index contributed by atoms with van der Waals surface area (Å²) in [7, 11) is 0. The standard InChI is InChI=1S/C26H32N4O2/c1-16(2)28-25(31)20-9-11-22(12-10-20)30-23-13-18(4)27-15-21(23)14-24(30)29-26(32)19-7-5-17(3)6-8-19/h5-8,13,15-16,20,22H,9-12,14H2,1-4H3,(H,28,31). The van der Waals surface area contributed by atoms with Crippen LogP contribution in [0.1, 0.15) is 66.7 Å². The summed E-state index contributed by atoms with van der Waals surface area (Å²) in [5, 5.41) is 3.05. The summed E-state index contributed by atoms with van der Waals surface area (Å²) in [6.45, 7) is 7.98. The van der Waals surface area contributed by atoms with Crippen LogP contribution in [-0.2, 0) is 11.2 Å². The molecule has 1 N–H and O–H groups in total. The van der Waals surface area contributed by atoms with Crippen molar-refractivity contribution in [1.29, 1.82) is 0 Å². The number of benzene rings is 1. The van der Waals surface area contributed by atoms with Crippen LogP contribution in [0.25, 0.3) is 0 Å². The highest BCUT2D eigenvalue weighted by Gasteiger charge is 2.36. The molecule has 0 bridgehead atoms. The molecule has 4 rings (SSSR count). The van der Waals surface area contributed by atoms with E-state index in [0.29, 0.717) is 12.0 Å². The van der Waals surface area contributed by atoms with Gasteiger partial charge in [0.15, 0.2) is 0 Å². The van der Waals surface area contributed by atoms with E-state index in [1.165, 1.54) is 0 Å². The molecule has 2 aromatic rings. The molecule has 1 fully saturated rings. The zero-order chi connectivity index (χ0) is 22.8. The Balaban J connectivity index is 1.57. The summed E-state index contributed by atoms with van der Waals surface area (Å²) in [5.41, 5.74) is 4.87. The topological polar surface area (TPSA) is 74.7 Å². The van der Waals surface area contributed by atoms with Gasteiger partial charge in [0.2, 0.25) is 5.91 Å². The molecule has 0 spiro atoms. The van der Waals surface area contributed by atoms with E-state index in [-0.39, 0.29) is 29.8 Å². The Hall–Kier alpha value is -3.02. The second-order valence-corrected chi connectivity index (χ2v) is 9.37. The molecule has 6 nitrogen and oxygen atoms in total. The largest absolute Gasteiger partial charge is 0.354 e. The average Bonchev–Trinajstić information content (AvgIpc) is 3.10. The Morgan fingerprint density at radius 1 is 1.09 bits per heavy atom. The van der Waals surface area contributed by atoms with Crippen LogP contribution >= 0.6 is 0 Å². The van der Waals surface area contributed by atoms with Crippen LogP contribution in [0.15, 0.2) is 41.5 Å². The number of nitrogens with one attached hydrogen (secondary N) is 1. The number of aliphatic imine (C=N–C) groups is 1. The van der Waals surface area contributed by atoms with Gasteiger partial charge in [0, 0.05) is 53.1 Å². The van der Waals surface area contributed by atoms with Crippen molar-refractivity contribution in [2.75, 3.05) is 4.90 Å². The third-order valence-corrected chi connectivity index (χ3v) is 6.38. The molecule has 1 aromatic carbocycles. The van der Waals surface area contributed by atoms with Gasteiger partial charge >= 0.3 is 0 Å². The van der Waals surface area contributed by atoms with Crippen molar-refractivity contribution >= 4 is 23.3 Å². The number of carbonyl (C=O) groups is 2. The van der Waals surface area contributed by atoms with E-state index < -0.39 is 0 Å². The van der Waals surface area contributed by atoms with Gasteiger partial charge in [-0.25, -0.2) is 0 Å². The maximum Gasteiger partial charge on any atom is 0.278 e. The third kappa shape index (κ3) is 4.74. The predicted octanol–water partition coefficient (Wildman–Crippen LogP) is 4.38. The van der Waals surface area contributed by atoms with Gasteiger partial charge in [0.25, 0.3) is 5.91 Å². The van der Waals surface area contributed by atoms with Crippen LogP contribution in [0.2, 0.25) is 0 Å². The van der Waals surface area contributed by atoms with E-state index in [1.807, 2.05) is 58.2 Å². The normalized spacial score (nSPS) is 21.7. The minimum absolute atomic E-state index is 0.0597. The van der Waals surface area contributed by atoms with E-state index in [9.17, 15) is 9.59 Å². The van der Waals surface area contributed by atoms with Crippen molar-refractivity contribution in [3.8, 4) is 0 Å². The summed E-state index contributed by atoms with van der Waals surface area (Å²) >= 11 is 0. The second-order valence-electron chi connectivity index (χ2n) is 9.37. The first kappa shape index (κ1) is 22.2. The number of amides is 2. The highest BCUT2D eigenvalue weighted by molar-refractivity contribution is 6.12. The molecular weight excluding hydrogens is 400 g/mol. The van der Waals surface area contributed by atoms with Crippen molar-refractivity contribution in [2.45, 2.75) is 71.9 Å². The molecule has 0 atom stereocenters. The fraction of sp³-hybridized carbons (Fsp3) is 0.462. The van der Waals surface area contributed by atoms with Gasteiger partial charge in [0.1, 0.15) is 5.84 Å². The molecule has 6 heteroatoms. The highest BCUT2D eigenvalue weighted by Crippen LogP contribution is 2.37. The lowest BCUT2D eigenvalue weighted by atomic mass is 9.84. The van der Waals surface area contributed by atoms with Gasteiger partial charge in [-0.05, 0) is 71.6 Å². The molecule has 1 saturated carbocycles. The molecule has 0 radical (unpaired) electrons. The van der Waals surface area contributed by atoms with E-state index >= 15 is 0 Å². The Morgan fingerprint density at radius 3 is 2.44 bits per heavy atom. The van der Waals surface area contributed by atoms with Crippen molar-refractivity contribution in [3.05, 3.63) is 58.9 Å². The zero-order valence-electron chi connectivity index (χ0n) is 19.4. The maximum atomic E-state index is 12.9. The minimum atomic E-state index is -0.215. The fourth-order valence-electron chi connectivity index (χ4n) is 4.71. The SMILES string of the molecule is Cc1ccc(C(=O)N=C2Cc3cnc(C)cc3N2C2CCC(C(=O)NC(C)C)CC2)cc1. The van der Waals surface area contributed by atoms with Crippen molar-refractivity contribution in [3.63, 3.8) is 0 Å². The van der Waals surface area contributed by atoms with Gasteiger partial charge in [-0.3, -0.25) is 14.6 Å². The van der Waals surface area contributed by atoms with Crippen molar-refractivity contribution < 1.29 is 9.59 Å². The van der Waals surface area contributed by atoms with E-state index in [1.54, 1.807) is 0 Å². The third-order valence-electron chi connectivity index (χ3n) is 6.38. The van der Waals surface area contributed by atoms with Crippen molar-refractivity contribution in [1.82, 2.24) is 10.3 Å². The van der Waals surface area contributed by atoms with Crippen LogP contribution in [-0.4, -0.2) is 34.7 Å². The Morgan fingerprint density at radius 2 is 1.78 bits per heavy atom. The zero-order valence-corrected chi connectivity index (χ0v) is 19.4. The number of fused-ring (bicyclic) bond motifs is 1. The van der Waals surface area contributed by atoms with Crippen LogP contribution in [0, 0.1) is 19.8 Å². The summed E-state index contributed by atoms with van der Waals surface area (Å²) < 4.78 is 0. The summed E-state index contributed by atoms with van der Waals surface area (Å²) in [6, 6.07) is 10.0. The number of amidine groups is 1. The first-order valence-corrected chi connectivity index (χ1v) is 11.6. The number of hydrogen-bond acceptors (Lipinski definition) is 3.